The van der Waals surface area contributed by atoms with Gasteiger partial charge >= 0.3 is 0 Å². The number of hydrogen-bond donors (Lipinski definition) is 2. The van der Waals surface area contributed by atoms with Crippen molar-refractivity contribution >= 4 is 10.0 Å². The highest BCUT2D eigenvalue weighted by Gasteiger charge is 2.34. The summed E-state index contributed by atoms with van der Waals surface area (Å²) in [5.41, 5.74) is -0.527. The van der Waals surface area contributed by atoms with Crippen LogP contribution in [0.25, 0.3) is 0 Å². The molecule has 1 fully saturated rings. The first-order valence-electron chi connectivity index (χ1n) is 6.94. The lowest BCUT2D eigenvalue weighted by Gasteiger charge is -2.23. The fourth-order valence-electron chi connectivity index (χ4n) is 2.12. The zero-order chi connectivity index (χ0) is 15.3. The Hall–Kier alpha value is -1.15. The highest BCUT2D eigenvalue weighted by atomic mass is 32.2. The van der Waals surface area contributed by atoms with Crippen molar-refractivity contribution in [2.45, 2.75) is 23.8 Å². The van der Waals surface area contributed by atoms with Crippen molar-refractivity contribution in [1.82, 2.24) is 10.0 Å². The van der Waals surface area contributed by atoms with E-state index in [4.69, 9.17) is 9.47 Å². The molecule has 0 aliphatic carbocycles. The summed E-state index contributed by atoms with van der Waals surface area (Å²) in [5.74, 6) is 0.652. The van der Waals surface area contributed by atoms with Gasteiger partial charge in [-0.3, -0.25) is 0 Å². The SMILES string of the molecule is CNCCOc1ccc(S(=O)(=O)NC2(C)CCOC2)cc1. The van der Waals surface area contributed by atoms with Crippen LogP contribution in [0.15, 0.2) is 29.2 Å². The molecule has 6 nitrogen and oxygen atoms in total. The summed E-state index contributed by atoms with van der Waals surface area (Å²) in [7, 11) is -1.70. The fraction of sp³-hybridized carbons (Fsp3) is 0.571. The van der Waals surface area contributed by atoms with E-state index in [1.54, 1.807) is 24.3 Å². The first-order valence-corrected chi connectivity index (χ1v) is 8.43. The molecule has 1 aromatic rings. The van der Waals surface area contributed by atoms with Crippen LogP contribution in [0.3, 0.4) is 0 Å². The topological polar surface area (TPSA) is 76.7 Å². The first-order chi connectivity index (χ1) is 9.95. The highest BCUT2D eigenvalue weighted by molar-refractivity contribution is 7.89. The molecule has 2 N–H and O–H groups in total. The monoisotopic (exact) mass is 314 g/mol. The minimum atomic E-state index is -3.54. The minimum Gasteiger partial charge on any atom is -0.492 e. The van der Waals surface area contributed by atoms with Crippen LogP contribution in [0.4, 0.5) is 0 Å². The molecule has 0 amide bonds. The summed E-state index contributed by atoms with van der Waals surface area (Å²) in [6.45, 7) is 4.11. The van der Waals surface area contributed by atoms with Crippen LogP contribution in [-0.4, -0.2) is 47.4 Å². The molecule has 1 saturated heterocycles. The number of ether oxygens (including phenoxy) is 2. The third kappa shape index (κ3) is 4.41. The first kappa shape index (κ1) is 16.2. The van der Waals surface area contributed by atoms with E-state index in [0.717, 1.165) is 6.54 Å². The molecule has 1 atom stereocenters. The Bertz CT molecular complexity index is 551. The third-order valence-electron chi connectivity index (χ3n) is 3.35. The molecule has 0 bridgehead atoms. The van der Waals surface area contributed by atoms with Gasteiger partial charge in [0.15, 0.2) is 0 Å². The molecule has 1 aliphatic heterocycles. The molecule has 118 valence electrons. The van der Waals surface area contributed by atoms with Crippen molar-refractivity contribution in [1.29, 1.82) is 0 Å². The Morgan fingerprint density at radius 3 is 2.62 bits per heavy atom. The average Bonchev–Trinajstić information content (AvgIpc) is 2.85. The van der Waals surface area contributed by atoms with Crippen molar-refractivity contribution in [2.75, 3.05) is 33.4 Å². The Kier molecular flexibility index (Phi) is 5.21. The van der Waals surface area contributed by atoms with Crippen LogP contribution < -0.4 is 14.8 Å². The van der Waals surface area contributed by atoms with Gasteiger partial charge in [-0.15, -0.1) is 0 Å². The van der Waals surface area contributed by atoms with E-state index >= 15 is 0 Å². The fourth-order valence-corrected chi connectivity index (χ4v) is 3.54. The number of nitrogens with one attached hydrogen (secondary N) is 2. The van der Waals surface area contributed by atoms with Crippen molar-refractivity contribution in [2.24, 2.45) is 0 Å². The summed E-state index contributed by atoms with van der Waals surface area (Å²) in [6.07, 6.45) is 0.678. The maximum atomic E-state index is 12.3. The number of sulfonamides is 1. The Balaban J connectivity index is 2.03. The number of benzene rings is 1. The van der Waals surface area contributed by atoms with E-state index in [1.807, 2.05) is 14.0 Å². The van der Waals surface area contributed by atoms with Gasteiger partial charge in [-0.1, -0.05) is 0 Å². The summed E-state index contributed by atoms with van der Waals surface area (Å²) in [6, 6.07) is 6.43. The number of rotatable bonds is 7. The van der Waals surface area contributed by atoms with Gasteiger partial charge < -0.3 is 14.8 Å². The minimum absolute atomic E-state index is 0.233. The molecule has 0 aromatic heterocycles. The van der Waals surface area contributed by atoms with Gasteiger partial charge in [0, 0.05) is 13.2 Å². The Morgan fingerprint density at radius 1 is 1.33 bits per heavy atom. The van der Waals surface area contributed by atoms with Crippen molar-refractivity contribution in [3.8, 4) is 5.75 Å². The van der Waals surface area contributed by atoms with Gasteiger partial charge in [0.25, 0.3) is 0 Å². The standard InChI is InChI=1S/C14H22N2O4S/c1-14(7-9-19-11-14)16-21(17,18)13-5-3-12(4-6-13)20-10-8-15-2/h3-6,15-16H,7-11H2,1-2H3. The summed E-state index contributed by atoms with van der Waals surface area (Å²) in [5, 5.41) is 2.98. The lowest BCUT2D eigenvalue weighted by molar-refractivity contribution is 0.178. The van der Waals surface area contributed by atoms with E-state index < -0.39 is 15.6 Å². The predicted octanol–water partition coefficient (Wildman–Crippen LogP) is 0.742. The zero-order valence-corrected chi connectivity index (χ0v) is 13.2. The van der Waals surface area contributed by atoms with Gasteiger partial charge in [-0.2, -0.15) is 0 Å². The van der Waals surface area contributed by atoms with E-state index in [2.05, 4.69) is 10.0 Å². The highest BCUT2D eigenvalue weighted by Crippen LogP contribution is 2.22. The second-order valence-corrected chi connectivity index (χ2v) is 7.07. The van der Waals surface area contributed by atoms with Crippen LogP contribution in [0.2, 0.25) is 0 Å². The van der Waals surface area contributed by atoms with E-state index in [9.17, 15) is 8.42 Å². The molecule has 1 aliphatic rings. The average molecular weight is 314 g/mol. The normalized spacial score (nSPS) is 22.4. The second-order valence-electron chi connectivity index (χ2n) is 5.39. The number of likely N-dealkylation sites (N-methyl/N-ethyl adjacent to an activating group) is 1. The molecule has 21 heavy (non-hydrogen) atoms. The summed E-state index contributed by atoms with van der Waals surface area (Å²) < 4.78 is 38.1. The summed E-state index contributed by atoms with van der Waals surface area (Å²) >= 11 is 0. The summed E-state index contributed by atoms with van der Waals surface area (Å²) in [4.78, 5) is 0.233. The maximum Gasteiger partial charge on any atom is 0.241 e. The van der Waals surface area contributed by atoms with Crippen LogP contribution in [0.5, 0.6) is 5.75 Å². The third-order valence-corrected chi connectivity index (χ3v) is 5.01. The van der Waals surface area contributed by atoms with Gasteiger partial charge in [0.2, 0.25) is 10.0 Å². The van der Waals surface area contributed by atoms with Crippen molar-refractivity contribution in [3.63, 3.8) is 0 Å². The molecule has 2 rings (SSSR count). The molecule has 0 radical (unpaired) electrons. The van der Waals surface area contributed by atoms with E-state index in [-0.39, 0.29) is 4.90 Å². The molecule has 0 saturated carbocycles. The number of hydrogen-bond acceptors (Lipinski definition) is 5. The molecule has 1 unspecified atom stereocenters. The lowest BCUT2D eigenvalue weighted by atomic mass is 10.0. The Morgan fingerprint density at radius 2 is 2.05 bits per heavy atom. The quantitative estimate of drug-likeness (QED) is 0.726. The van der Waals surface area contributed by atoms with Crippen LogP contribution >= 0.6 is 0 Å². The van der Waals surface area contributed by atoms with Crippen molar-refractivity contribution in [3.05, 3.63) is 24.3 Å². The van der Waals surface area contributed by atoms with Crippen LogP contribution in [0, 0.1) is 0 Å². The molecular formula is C14H22N2O4S. The molecule has 1 heterocycles. The molecular weight excluding hydrogens is 292 g/mol. The second kappa shape index (κ2) is 6.74. The predicted molar refractivity (Wildman–Crippen MR) is 80.0 cm³/mol. The maximum absolute atomic E-state index is 12.3. The van der Waals surface area contributed by atoms with Gasteiger partial charge in [0.1, 0.15) is 12.4 Å². The zero-order valence-electron chi connectivity index (χ0n) is 12.4. The molecule has 1 aromatic carbocycles. The van der Waals surface area contributed by atoms with Gasteiger partial charge in [0.05, 0.1) is 17.0 Å². The van der Waals surface area contributed by atoms with Gasteiger partial charge in [-0.25, -0.2) is 13.1 Å². The lowest BCUT2D eigenvalue weighted by Crippen LogP contribution is -2.46. The van der Waals surface area contributed by atoms with Crippen LogP contribution in [-0.2, 0) is 14.8 Å². The van der Waals surface area contributed by atoms with E-state index in [1.165, 1.54) is 0 Å². The van der Waals surface area contributed by atoms with Crippen LogP contribution in [0.1, 0.15) is 13.3 Å². The van der Waals surface area contributed by atoms with Gasteiger partial charge in [-0.05, 0) is 44.7 Å². The molecule has 7 heteroatoms. The van der Waals surface area contributed by atoms with Crippen molar-refractivity contribution < 1.29 is 17.9 Å². The smallest absolute Gasteiger partial charge is 0.241 e. The van der Waals surface area contributed by atoms with E-state index in [0.29, 0.717) is 32.0 Å². The Labute approximate surface area is 125 Å². The largest absolute Gasteiger partial charge is 0.492 e. The molecule has 0 spiro atoms.